The lowest BCUT2D eigenvalue weighted by Crippen LogP contribution is -2.46. The molecule has 1 heterocycles. The Morgan fingerprint density at radius 1 is 1.09 bits per heavy atom. The largest absolute Gasteiger partial charge is 0.511 e. The molecule has 3 aromatic rings. The maximum Gasteiger partial charge on any atom is 0.511 e. The third-order valence-corrected chi connectivity index (χ3v) is 5.54. The van der Waals surface area contributed by atoms with Crippen LogP contribution in [0.3, 0.4) is 0 Å². The van der Waals surface area contributed by atoms with E-state index in [1.807, 2.05) is 0 Å². The lowest BCUT2D eigenvalue weighted by atomic mass is 9.78. The third-order valence-electron chi connectivity index (χ3n) is 5.21. The molecule has 2 unspecified atom stereocenters. The Morgan fingerprint density at radius 2 is 1.73 bits per heavy atom. The van der Waals surface area contributed by atoms with Crippen LogP contribution in [-0.4, -0.2) is 27.5 Å². The SMILES string of the molecule is CC(c1ccc(-c2ccc(OC(=O)O)c(F)c2)cc1Cl)C(O)(c1ccc(=O)[nH]c1)C(F)(F)F. The van der Waals surface area contributed by atoms with Gasteiger partial charge in [-0.3, -0.25) is 4.79 Å². The summed E-state index contributed by atoms with van der Waals surface area (Å²) >= 11 is 6.25. The van der Waals surface area contributed by atoms with Gasteiger partial charge in [-0.05, 0) is 41.0 Å². The molecule has 0 saturated heterocycles. The van der Waals surface area contributed by atoms with Gasteiger partial charge in [-0.1, -0.05) is 36.7 Å². The minimum atomic E-state index is -5.12. The second-order valence-electron chi connectivity index (χ2n) is 7.18. The van der Waals surface area contributed by atoms with Crippen LogP contribution in [-0.2, 0) is 5.60 Å². The number of aromatic amines is 1. The van der Waals surface area contributed by atoms with Crippen LogP contribution >= 0.6 is 11.6 Å². The van der Waals surface area contributed by atoms with Gasteiger partial charge >= 0.3 is 12.3 Å². The van der Waals surface area contributed by atoms with Gasteiger partial charge in [0, 0.05) is 28.8 Å². The number of rotatable bonds is 5. The van der Waals surface area contributed by atoms with Gasteiger partial charge in [-0.15, -0.1) is 0 Å². The van der Waals surface area contributed by atoms with E-state index in [0.29, 0.717) is 5.56 Å². The van der Waals surface area contributed by atoms with Crippen molar-refractivity contribution < 1.29 is 37.3 Å². The Morgan fingerprint density at radius 3 is 2.24 bits per heavy atom. The molecule has 0 aliphatic heterocycles. The van der Waals surface area contributed by atoms with Crippen molar-refractivity contribution in [1.82, 2.24) is 4.98 Å². The predicted octanol–water partition coefficient (Wildman–Crippen LogP) is 5.44. The smallest absolute Gasteiger partial charge is 0.449 e. The average Bonchev–Trinajstić information content (AvgIpc) is 2.73. The normalized spacial score (nSPS) is 14.4. The first-order valence-corrected chi connectivity index (χ1v) is 9.71. The van der Waals surface area contributed by atoms with Gasteiger partial charge in [0.1, 0.15) is 0 Å². The number of halogens is 5. The van der Waals surface area contributed by atoms with Crippen molar-refractivity contribution >= 4 is 17.8 Å². The Bertz CT molecular complexity index is 1240. The molecule has 0 bridgehead atoms. The van der Waals surface area contributed by atoms with E-state index in [1.165, 1.54) is 24.3 Å². The van der Waals surface area contributed by atoms with Crippen LogP contribution in [0.2, 0.25) is 5.02 Å². The van der Waals surface area contributed by atoms with Gasteiger partial charge in [-0.25, -0.2) is 9.18 Å². The molecule has 0 spiro atoms. The molecule has 174 valence electrons. The van der Waals surface area contributed by atoms with Crippen molar-refractivity contribution in [1.29, 1.82) is 0 Å². The van der Waals surface area contributed by atoms with Crippen molar-refractivity contribution in [2.45, 2.75) is 24.6 Å². The molecule has 0 aliphatic rings. The van der Waals surface area contributed by atoms with Crippen molar-refractivity contribution in [2.24, 2.45) is 0 Å². The summed E-state index contributed by atoms with van der Waals surface area (Å²) in [7, 11) is 0. The summed E-state index contributed by atoms with van der Waals surface area (Å²) in [6, 6.07) is 9.12. The number of aromatic nitrogens is 1. The van der Waals surface area contributed by atoms with Crippen LogP contribution in [0, 0.1) is 5.82 Å². The Kier molecular flexibility index (Phi) is 6.53. The van der Waals surface area contributed by atoms with Gasteiger partial charge < -0.3 is 19.9 Å². The summed E-state index contributed by atoms with van der Waals surface area (Å²) in [6.07, 6.45) is -6.02. The second kappa shape index (κ2) is 8.87. The fraction of sp³-hybridized carbons (Fsp3) is 0.182. The molecule has 1 aromatic heterocycles. The molecule has 0 radical (unpaired) electrons. The van der Waals surface area contributed by atoms with E-state index >= 15 is 0 Å². The summed E-state index contributed by atoms with van der Waals surface area (Å²) in [4.78, 5) is 23.9. The number of aliphatic hydroxyl groups is 1. The molecule has 0 amide bonds. The van der Waals surface area contributed by atoms with E-state index in [4.69, 9.17) is 16.7 Å². The lowest BCUT2D eigenvalue weighted by Gasteiger charge is -2.36. The number of pyridine rings is 1. The highest BCUT2D eigenvalue weighted by atomic mass is 35.5. The van der Waals surface area contributed by atoms with Gasteiger partial charge in [0.2, 0.25) is 5.56 Å². The van der Waals surface area contributed by atoms with E-state index in [-0.39, 0.29) is 16.1 Å². The summed E-state index contributed by atoms with van der Waals surface area (Å²) in [5.74, 6) is -3.07. The second-order valence-corrected chi connectivity index (χ2v) is 7.58. The molecular formula is C22H16ClF4NO5. The minimum absolute atomic E-state index is 0.0438. The zero-order valence-electron chi connectivity index (χ0n) is 16.8. The molecule has 0 saturated carbocycles. The zero-order valence-corrected chi connectivity index (χ0v) is 17.5. The molecule has 3 N–H and O–H groups in total. The number of carboxylic acid groups (broad SMARTS) is 1. The van der Waals surface area contributed by atoms with E-state index in [2.05, 4.69) is 9.72 Å². The number of ether oxygens (including phenoxy) is 1. The molecule has 0 aliphatic carbocycles. The highest BCUT2D eigenvalue weighted by Gasteiger charge is 2.59. The summed E-state index contributed by atoms with van der Waals surface area (Å²) < 4.78 is 60.4. The molecule has 11 heteroatoms. The zero-order chi connectivity index (χ0) is 24.6. The molecular weight excluding hydrogens is 470 g/mol. The third kappa shape index (κ3) is 4.71. The number of nitrogens with one attached hydrogen (secondary N) is 1. The fourth-order valence-corrected chi connectivity index (χ4v) is 3.79. The maximum absolute atomic E-state index is 14.1. The number of alkyl halides is 3. The summed E-state index contributed by atoms with van der Waals surface area (Å²) in [6.45, 7) is 1.14. The van der Waals surface area contributed by atoms with E-state index in [9.17, 15) is 32.3 Å². The van der Waals surface area contributed by atoms with Gasteiger partial charge in [-0.2, -0.15) is 13.2 Å². The number of carbonyl (C=O) groups is 1. The topological polar surface area (TPSA) is 99.6 Å². The van der Waals surface area contributed by atoms with Crippen LogP contribution in [0.15, 0.2) is 59.5 Å². The molecule has 33 heavy (non-hydrogen) atoms. The first-order valence-electron chi connectivity index (χ1n) is 9.33. The van der Waals surface area contributed by atoms with Crippen molar-refractivity contribution in [3.63, 3.8) is 0 Å². The van der Waals surface area contributed by atoms with Gasteiger partial charge in [0.15, 0.2) is 17.2 Å². The van der Waals surface area contributed by atoms with Crippen LogP contribution in [0.1, 0.15) is 24.0 Å². The van der Waals surface area contributed by atoms with E-state index < -0.39 is 46.5 Å². The van der Waals surface area contributed by atoms with Crippen LogP contribution in [0.5, 0.6) is 5.75 Å². The molecule has 2 atom stereocenters. The van der Waals surface area contributed by atoms with Gasteiger partial charge in [0.05, 0.1) is 0 Å². The lowest BCUT2D eigenvalue weighted by molar-refractivity contribution is -0.274. The maximum atomic E-state index is 14.1. The fourth-order valence-electron chi connectivity index (χ4n) is 3.45. The summed E-state index contributed by atoms with van der Waals surface area (Å²) in [5, 5.41) is 19.2. The molecule has 0 fully saturated rings. The van der Waals surface area contributed by atoms with E-state index in [0.717, 1.165) is 37.4 Å². The molecule has 3 rings (SSSR count). The quantitative estimate of drug-likeness (QED) is 0.254. The number of hydrogen-bond donors (Lipinski definition) is 3. The molecule has 2 aromatic carbocycles. The predicted molar refractivity (Wildman–Crippen MR) is 111 cm³/mol. The van der Waals surface area contributed by atoms with Crippen LogP contribution in [0.4, 0.5) is 22.4 Å². The van der Waals surface area contributed by atoms with E-state index in [1.54, 1.807) is 0 Å². The van der Waals surface area contributed by atoms with Crippen LogP contribution in [0.25, 0.3) is 11.1 Å². The minimum Gasteiger partial charge on any atom is -0.449 e. The van der Waals surface area contributed by atoms with Gasteiger partial charge in [0.25, 0.3) is 0 Å². The number of benzene rings is 2. The van der Waals surface area contributed by atoms with Crippen molar-refractivity contribution in [3.8, 4) is 16.9 Å². The first-order chi connectivity index (χ1) is 15.3. The standard InChI is InChI=1S/C22H16ClF4NO5/c1-11(21(32,22(25,26)27)14-4-7-19(29)28-10-14)15-5-2-12(8-16(15)23)13-3-6-18(17(24)9-13)33-20(30)31/h2-11,32H,1H3,(H,28,29)(H,30,31). The highest BCUT2D eigenvalue weighted by molar-refractivity contribution is 6.31. The molecule has 6 nitrogen and oxygen atoms in total. The van der Waals surface area contributed by atoms with Crippen LogP contribution < -0.4 is 10.3 Å². The Labute approximate surface area is 189 Å². The average molecular weight is 486 g/mol. The number of hydrogen-bond acceptors (Lipinski definition) is 4. The monoisotopic (exact) mass is 485 g/mol. The van der Waals surface area contributed by atoms with Crippen molar-refractivity contribution in [3.05, 3.63) is 87.0 Å². The van der Waals surface area contributed by atoms with Crippen molar-refractivity contribution in [2.75, 3.05) is 0 Å². The Hall–Kier alpha value is -3.37. The highest BCUT2D eigenvalue weighted by Crippen LogP contribution is 2.49. The summed E-state index contributed by atoms with van der Waals surface area (Å²) in [5.41, 5.74) is -4.03. The Balaban J connectivity index is 2.02. The first kappa shape index (κ1) is 24.3. The number of H-pyrrole nitrogens is 1.